The molecule has 3 amide bonds. The van der Waals surface area contributed by atoms with E-state index in [1.165, 1.54) is 18.5 Å². The van der Waals surface area contributed by atoms with Crippen LogP contribution in [0.1, 0.15) is 31.5 Å². The molecule has 0 aliphatic rings. The number of hydrogen-bond acceptors (Lipinski definition) is 7. The van der Waals surface area contributed by atoms with Crippen molar-refractivity contribution >= 4 is 23.7 Å². The molecule has 0 radical (unpaired) electrons. The predicted octanol–water partition coefficient (Wildman–Crippen LogP) is -0.556. The van der Waals surface area contributed by atoms with E-state index in [0.717, 1.165) is 0 Å². The molecule has 35 heavy (non-hydrogen) atoms. The Morgan fingerprint density at radius 3 is 2.31 bits per heavy atom. The number of H-pyrrole nitrogens is 1. The van der Waals surface area contributed by atoms with E-state index in [-0.39, 0.29) is 24.5 Å². The van der Waals surface area contributed by atoms with Crippen molar-refractivity contribution in [1.29, 1.82) is 0 Å². The quantitative estimate of drug-likeness (QED) is 0.194. The molecule has 12 nitrogen and oxygen atoms in total. The molecule has 8 N–H and O–H groups in total. The normalized spacial score (nSPS) is 14.3. The summed E-state index contributed by atoms with van der Waals surface area (Å²) in [5.74, 6) is -3.31. The molecule has 12 heteroatoms. The van der Waals surface area contributed by atoms with E-state index >= 15 is 0 Å². The molecular weight excluding hydrogens is 456 g/mol. The molecule has 2 aromatic rings. The number of nitrogens with zero attached hydrogens (tertiary/aromatic N) is 1. The predicted molar refractivity (Wildman–Crippen MR) is 126 cm³/mol. The molecule has 0 fully saturated rings. The second-order valence-corrected chi connectivity index (χ2v) is 8.30. The van der Waals surface area contributed by atoms with E-state index in [4.69, 9.17) is 10.8 Å². The van der Waals surface area contributed by atoms with Crippen LogP contribution in [0.5, 0.6) is 5.75 Å². The molecule has 0 saturated heterocycles. The minimum absolute atomic E-state index is 0.0484. The third kappa shape index (κ3) is 8.74. The van der Waals surface area contributed by atoms with Crippen molar-refractivity contribution in [2.75, 3.05) is 6.54 Å². The van der Waals surface area contributed by atoms with Gasteiger partial charge in [0.15, 0.2) is 0 Å². The number of aromatic nitrogens is 2. The molecule has 2 rings (SSSR count). The summed E-state index contributed by atoms with van der Waals surface area (Å²) in [7, 11) is 0. The Kier molecular flexibility index (Phi) is 10.2. The van der Waals surface area contributed by atoms with Crippen molar-refractivity contribution < 1.29 is 29.4 Å². The maximum absolute atomic E-state index is 13.2. The van der Waals surface area contributed by atoms with E-state index in [9.17, 15) is 24.3 Å². The third-order valence-corrected chi connectivity index (χ3v) is 5.55. The molecule has 4 unspecified atom stereocenters. The lowest BCUT2D eigenvalue weighted by Crippen LogP contribution is -2.58. The van der Waals surface area contributed by atoms with Gasteiger partial charge in [0.25, 0.3) is 0 Å². The maximum Gasteiger partial charge on any atom is 0.322 e. The van der Waals surface area contributed by atoms with Crippen LogP contribution in [-0.2, 0) is 32.0 Å². The molecule has 1 heterocycles. The highest BCUT2D eigenvalue weighted by molar-refractivity contribution is 5.94. The highest BCUT2D eigenvalue weighted by Crippen LogP contribution is 2.13. The lowest BCUT2D eigenvalue weighted by Gasteiger charge is -2.27. The number of rotatable bonds is 13. The van der Waals surface area contributed by atoms with Gasteiger partial charge in [-0.1, -0.05) is 32.4 Å². The van der Waals surface area contributed by atoms with Crippen LogP contribution in [0.4, 0.5) is 0 Å². The van der Waals surface area contributed by atoms with Gasteiger partial charge in [-0.05, 0) is 23.6 Å². The van der Waals surface area contributed by atoms with Gasteiger partial charge in [0, 0.05) is 24.7 Å². The van der Waals surface area contributed by atoms with Crippen LogP contribution in [-0.4, -0.2) is 68.5 Å². The van der Waals surface area contributed by atoms with E-state index in [2.05, 4.69) is 25.9 Å². The zero-order chi connectivity index (χ0) is 26.0. The summed E-state index contributed by atoms with van der Waals surface area (Å²) in [6.45, 7) is 3.00. The Hall–Kier alpha value is -3.93. The highest BCUT2D eigenvalue weighted by atomic mass is 16.4. The second-order valence-electron chi connectivity index (χ2n) is 8.30. The van der Waals surface area contributed by atoms with Gasteiger partial charge in [0.05, 0.1) is 12.4 Å². The number of carboxylic acid groups (broad SMARTS) is 1. The van der Waals surface area contributed by atoms with Crippen LogP contribution in [0.2, 0.25) is 0 Å². The summed E-state index contributed by atoms with van der Waals surface area (Å²) in [5, 5.41) is 26.0. The fraction of sp³-hybridized carbons (Fsp3) is 0.435. The lowest BCUT2D eigenvalue weighted by molar-refractivity contribution is -0.139. The summed E-state index contributed by atoms with van der Waals surface area (Å²) in [4.78, 5) is 56.2. The molecule has 0 aliphatic heterocycles. The minimum Gasteiger partial charge on any atom is -0.508 e. The smallest absolute Gasteiger partial charge is 0.322 e. The summed E-state index contributed by atoms with van der Waals surface area (Å²) >= 11 is 0. The average molecular weight is 489 g/mol. The molecule has 190 valence electrons. The fourth-order valence-electron chi connectivity index (χ4n) is 3.31. The number of aromatic amines is 1. The number of carbonyl (C=O) groups excluding carboxylic acids is 3. The van der Waals surface area contributed by atoms with Gasteiger partial charge in [0.1, 0.15) is 24.4 Å². The van der Waals surface area contributed by atoms with Crippen molar-refractivity contribution in [1.82, 2.24) is 25.9 Å². The van der Waals surface area contributed by atoms with Crippen molar-refractivity contribution in [3.8, 4) is 5.75 Å². The van der Waals surface area contributed by atoms with Crippen LogP contribution in [0.3, 0.4) is 0 Å². The van der Waals surface area contributed by atoms with Crippen LogP contribution in [0.25, 0.3) is 0 Å². The summed E-state index contributed by atoms with van der Waals surface area (Å²) < 4.78 is 0. The highest BCUT2D eigenvalue weighted by Gasteiger charge is 2.31. The molecular formula is C23H32N6O6. The number of hydrogen-bond donors (Lipinski definition) is 7. The number of aliphatic carboxylic acids is 1. The second kappa shape index (κ2) is 13.1. The van der Waals surface area contributed by atoms with Crippen molar-refractivity contribution in [2.24, 2.45) is 11.7 Å². The standard InChI is InChI=1S/C23H32N6O6/c1-3-13(2)20(23(35)26-11-19(31)32)29-22(34)18(8-14-4-6-16(30)7-5-14)28-21(33)17(24)9-15-10-25-12-27-15/h4-7,10,12-13,17-18,20,30H,3,8-9,11,24H2,1-2H3,(H,25,27)(H,26,35)(H,28,33)(H,29,34)(H,31,32). The summed E-state index contributed by atoms with van der Waals surface area (Å²) in [6.07, 6.45) is 3.78. The zero-order valence-corrected chi connectivity index (χ0v) is 19.7. The number of nitrogens with one attached hydrogen (secondary N) is 4. The van der Waals surface area contributed by atoms with Crippen LogP contribution >= 0.6 is 0 Å². The van der Waals surface area contributed by atoms with E-state index in [1.54, 1.807) is 25.3 Å². The number of aromatic hydroxyl groups is 1. The van der Waals surface area contributed by atoms with Gasteiger partial charge >= 0.3 is 5.97 Å². The maximum atomic E-state index is 13.2. The first-order valence-electron chi connectivity index (χ1n) is 11.2. The Morgan fingerprint density at radius 2 is 1.74 bits per heavy atom. The summed E-state index contributed by atoms with van der Waals surface area (Å²) in [6, 6.07) is 3.07. The van der Waals surface area contributed by atoms with Crippen LogP contribution in [0.15, 0.2) is 36.8 Å². The van der Waals surface area contributed by atoms with Crippen molar-refractivity contribution in [3.05, 3.63) is 48.0 Å². The third-order valence-electron chi connectivity index (χ3n) is 5.55. The summed E-state index contributed by atoms with van der Waals surface area (Å²) in [5.41, 5.74) is 7.32. The number of phenols is 1. The van der Waals surface area contributed by atoms with Gasteiger partial charge in [0.2, 0.25) is 17.7 Å². The largest absolute Gasteiger partial charge is 0.508 e. The van der Waals surface area contributed by atoms with Gasteiger partial charge < -0.3 is 36.9 Å². The monoisotopic (exact) mass is 488 g/mol. The SMILES string of the molecule is CCC(C)C(NC(=O)C(Cc1ccc(O)cc1)NC(=O)C(N)Cc1cnc[nH]1)C(=O)NCC(=O)O. The van der Waals surface area contributed by atoms with Crippen LogP contribution < -0.4 is 21.7 Å². The van der Waals surface area contributed by atoms with Gasteiger partial charge in [-0.25, -0.2) is 4.98 Å². The number of amides is 3. The molecule has 0 aliphatic carbocycles. The fourth-order valence-corrected chi connectivity index (χ4v) is 3.31. The average Bonchev–Trinajstić information content (AvgIpc) is 3.34. The molecule has 0 bridgehead atoms. The van der Waals surface area contributed by atoms with Gasteiger partial charge in [-0.15, -0.1) is 0 Å². The first-order chi connectivity index (χ1) is 16.6. The lowest BCUT2D eigenvalue weighted by atomic mass is 9.97. The minimum atomic E-state index is -1.21. The number of imidazole rings is 1. The Bertz CT molecular complexity index is 994. The van der Waals surface area contributed by atoms with Crippen molar-refractivity contribution in [2.45, 2.75) is 51.2 Å². The zero-order valence-electron chi connectivity index (χ0n) is 19.7. The Morgan fingerprint density at radius 1 is 1.06 bits per heavy atom. The van der Waals surface area contributed by atoms with E-state index in [1.807, 2.05) is 6.92 Å². The number of carbonyl (C=O) groups is 4. The number of carboxylic acids is 1. The van der Waals surface area contributed by atoms with Crippen LogP contribution in [0, 0.1) is 5.92 Å². The van der Waals surface area contributed by atoms with E-state index < -0.39 is 48.4 Å². The van der Waals surface area contributed by atoms with E-state index in [0.29, 0.717) is 17.7 Å². The molecule has 0 spiro atoms. The number of nitrogens with two attached hydrogens (primary N) is 1. The Labute approximate surface area is 202 Å². The van der Waals surface area contributed by atoms with Gasteiger partial charge in [-0.2, -0.15) is 0 Å². The molecule has 1 aromatic heterocycles. The van der Waals surface area contributed by atoms with Gasteiger partial charge in [-0.3, -0.25) is 19.2 Å². The first-order valence-corrected chi connectivity index (χ1v) is 11.2. The first kappa shape index (κ1) is 27.3. The number of phenolic OH excluding ortho intramolecular Hbond substituents is 1. The van der Waals surface area contributed by atoms with Crippen molar-refractivity contribution in [3.63, 3.8) is 0 Å². The topological polar surface area (TPSA) is 200 Å². The number of benzene rings is 1. The Balaban J connectivity index is 2.19. The molecule has 4 atom stereocenters. The molecule has 0 saturated carbocycles. The molecule has 1 aromatic carbocycles.